The van der Waals surface area contributed by atoms with E-state index in [0.717, 1.165) is 23.0 Å². The van der Waals surface area contributed by atoms with E-state index in [4.69, 9.17) is 5.26 Å². The molecule has 1 fully saturated rings. The second-order valence-electron chi connectivity index (χ2n) is 4.71. The Balaban J connectivity index is 2.14. The van der Waals surface area contributed by atoms with Crippen LogP contribution in [0.4, 0.5) is 5.69 Å². The molecule has 0 aliphatic heterocycles. The summed E-state index contributed by atoms with van der Waals surface area (Å²) in [5, 5.41) is 12.7. The van der Waals surface area contributed by atoms with E-state index in [0.29, 0.717) is 6.04 Å². The molecule has 1 saturated carbocycles. The fraction of sp³-hybridized carbons (Fsp3) is 0.500. The number of rotatable bonds is 2. The number of halogens is 1. The number of nitrogens with zero attached hydrogens (tertiary/aromatic N) is 1. The quantitative estimate of drug-likeness (QED) is 0.884. The van der Waals surface area contributed by atoms with Gasteiger partial charge in [-0.15, -0.1) is 0 Å². The Kier molecular flexibility index (Phi) is 4.06. The van der Waals surface area contributed by atoms with Crippen LogP contribution in [-0.2, 0) is 0 Å². The van der Waals surface area contributed by atoms with Crippen LogP contribution < -0.4 is 5.32 Å². The van der Waals surface area contributed by atoms with Gasteiger partial charge in [-0.25, -0.2) is 0 Å². The minimum absolute atomic E-state index is 0.149. The van der Waals surface area contributed by atoms with Crippen molar-refractivity contribution in [3.63, 3.8) is 0 Å². The van der Waals surface area contributed by atoms with Crippen LogP contribution in [0.25, 0.3) is 0 Å². The summed E-state index contributed by atoms with van der Waals surface area (Å²) in [7, 11) is 0. The highest BCUT2D eigenvalue weighted by Crippen LogP contribution is 2.31. The molecule has 17 heavy (non-hydrogen) atoms. The molecule has 1 aromatic carbocycles. The van der Waals surface area contributed by atoms with E-state index in [1.165, 1.54) is 18.4 Å². The van der Waals surface area contributed by atoms with Crippen LogP contribution >= 0.6 is 15.9 Å². The third-order valence-corrected chi connectivity index (χ3v) is 4.52. The standard InChI is InChI=1S/C14H17BrN2/c1-10-5-4-8-13(14(10)15)17-12-7-3-2-6-11(12)9-16/h4-5,8,11-12,17H,2-3,6-7H2,1H3. The van der Waals surface area contributed by atoms with E-state index in [1.54, 1.807) is 0 Å². The van der Waals surface area contributed by atoms with Crippen LogP contribution in [0.1, 0.15) is 31.2 Å². The molecule has 0 aromatic heterocycles. The first-order valence-corrected chi connectivity index (χ1v) is 6.93. The predicted molar refractivity (Wildman–Crippen MR) is 73.9 cm³/mol. The summed E-state index contributed by atoms with van der Waals surface area (Å²) in [4.78, 5) is 0. The summed E-state index contributed by atoms with van der Waals surface area (Å²) in [6.07, 6.45) is 4.53. The molecule has 3 heteroatoms. The average Bonchev–Trinajstić information content (AvgIpc) is 2.35. The van der Waals surface area contributed by atoms with Gasteiger partial charge in [-0.3, -0.25) is 0 Å². The Labute approximate surface area is 111 Å². The first-order valence-electron chi connectivity index (χ1n) is 6.13. The van der Waals surface area contributed by atoms with Crippen molar-refractivity contribution >= 4 is 21.6 Å². The highest BCUT2D eigenvalue weighted by molar-refractivity contribution is 9.10. The van der Waals surface area contributed by atoms with E-state index >= 15 is 0 Å². The lowest BCUT2D eigenvalue weighted by Gasteiger charge is -2.29. The number of aryl methyl sites for hydroxylation is 1. The van der Waals surface area contributed by atoms with Gasteiger partial charge in [0.15, 0.2) is 0 Å². The molecule has 0 radical (unpaired) electrons. The minimum atomic E-state index is 0.149. The number of nitrogens with one attached hydrogen (secondary N) is 1. The zero-order chi connectivity index (χ0) is 12.3. The molecule has 2 rings (SSSR count). The number of hydrogen-bond donors (Lipinski definition) is 1. The van der Waals surface area contributed by atoms with Gasteiger partial charge in [0.25, 0.3) is 0 Å². The molecule has 2 atom stereocenters. The molecular formula is C14H17BrN2. The molecule has 0 heterocycles. The Morgan fingerprint density at radius 3 is 2.88 bits per heavy atom. The smallest absolute Gasteiger partial charge is 0.0677 e. The lowest BCUT2D eigenvalue weighted by Crippen LogP contribution is -2.31. The van der Waals surface area contributed by atoms with Crippen molar-refractivity contribution in [1.82, 2.24) is 0 Å². The van der Waals surface area contributed by atoms with Gasteiger partial charge in [-0.05, 0) is 47.3 Å². The van der Waals surface area contributed by atoms with E-state index in [9.17, 15) is 0 Å². The lowest BCUT2D eigenvalue weighted by atomic mass is 9.85. The Bertz CT molecular complexity index is 436. The zero-order valence-corrected chi connectivity index (χ0v) is 11.6. The predicted octanol–water partition coefficient (Wildman–Crippen LogP) is 4.25. The highest BCUT2D eigenvalue weighted by Gasteiger charge is 2.25. The van der Waals surface area contributed by atoms with E-state index in [1.807, 2.05) is 6.07 Å². The lowest BCUT2D eigenvalue weighted by molar-refractivity contribution is 0.388. The molecule has 0 spiro atoms. The molecule has 0 saturated heterocycles. The summed E-state index contributed by atoms with van der Waals surface area (Å²) in [5.74, 6) is 0.149. The van der Waals surface area contributed by atoms with Crippen molar-refractivity contribution in [3.05, 3.63) is 28.2 Å². The van der Waals surface area contributed by atoms with Gasteiger partial charge in [-0.2, -0.15) is 5.26 Å². The minimum Gasteiger partial charge on any atom is -0.380 e. The van der Waals surface area contributed by atoms with Crippen LogP contribution in [0.2, 0.25) is 0 Å². The second-order valence-corrected chi connectivity index (χ2v) is 5.50. The fourth-order valence-electron chi connectivity index (χ4n) is 2.42. The van der Waals surface area contributed by atoms with Crippen molar-refractivity contribution in [2.45, 2.75) is 38.6 Å². The van der Waals surface area contributed by atoms with Crippen molar-refractivity contribution in [2.75, 3.05) is 5.32 Å². The molecule has 1 aliphatic carbocycles. The second kappa shape index (κ2) is 5.55. The maximum atomic E-state index is 9.16. The average molecular weight is 293 g/mol. The van der Waals surface area contributed by atoms with Crippen LogP contribution in [0.3, 0.4) is 0 Å². The molecule has 0 amide bonds. The van der Waals surface area contributed by atoms with Gasteiger partial charge in [0, 0.05) is 16.2 Å². The largest absolute Gasteiger partial charge is 0.380 e. The number of nitriles is 1. The summed E-state index contributed by atoms with van der Waals surface area (Å²) in [6.45, 7) is 2.08. The number of anilines is 1. The highest BCUT2D eigenvalue weighted by atomic mass is 79.9. The number of hydrogen-bond acceptors (Lipinski definition) is 2. The normalized spacial score (nSPS) is 24.1. The van der Waals surface area contributed by atoms with Crippen LogP contribution in [0.5, 0.6) is 0 Å². The third-order valence-electron chi connectivity index (χ3n) is 3.46. The molecular weight excluding hydrogens is 276 g/mol. The van der Waals surface area contributed by atoms with Crippen LogP contribution in [0.15, 0.2) is 22.7 Å². The Hall–Kier alpha value is -1.01. The van der Waals surface area contributed by atoms with Gasteiger partial charge >= 0.3 is 0 Å². The molecule has 1 aromatic rings. The zero-order valence-electron chi connectivity index (χ0n) is 10.0. The maximum Gasteiger partial charge on any atom is 0.0677 e. The molecule has 1 N–H and O–H groups in total. The molecule has 0 bridgehead atoms. The van der Waals surface area contributed by atoms with Crippen LogP contribution in [0, 0.1) is 24.2 Å². The summed E-state index contributed by atoms with van der Waals surface area (Å²) < 4.78 is 1.11. The number of benzene rings is 1. The molecule has 1 aliphatic rings. The fourth-order valence-corrected chi connectivity index (χ4v) is 2.80. The molecule has 90 valence electrons. The van der Waals surface area contributed by atoms with E-state index < -0.39 is 0 Å². The van der Waals surface area contributed by atoms with Crippen LogP contribution in [-0.4, -0.2) is 6.04 Å². The van der Waals surface area contributed by atoms with Gasteiger partial charge in [0.1, 0.15) is 0 Å². The summed E-state index contributed by atoms with van der Waals surface area (Å²) >= 11 is 3.60. The Morgan fingerprint density at radius 2 is 2.12 bits per heavy atom. The van der Waals surface area contributed by atoms with E-state index in [-0.39, 0.29) is 5.92 Å². The molecule has 2 nitrogen and oxygen atoms in total. The first kappa shape index (κ1) is 12.4. The van der Waals surface area contributed by atoms with Gasteiger partial charge in [-0.1, -0.05) is 25.0 Å². The topological polar surface area (TPSA) is 35.8 Å². The van der Waals surface area contributed by atoms with Gasteiger partial charge in [0.05, 0.1) is 12.0 Å². The summed E-state index contributed by atoms with van der Waals surface area (Å²) in [5.41, 5.74) is 2.33. The van der Waals surface area contributed by atoms with Crippen molar-refractivity contribution in [1.29, 1.82) is 5.26 Å². The maximum absolute atomic E-state index is 9.16. The van der Waals surface area contributed by atoms with E-state index in [2.05, 4.69) is 46.4 Å². The molecule has 2 unspecified atom stereocenters. The summed E-state index contributed by atoms with van der Waals surface area (Å²) in [6, 6.07) is 8.93. The monoisotopic (exact) mass is 292 g/mol. The van der Waals surface area contributed by atoms with Crippen molar-refractivity contribution in [2.24, 2.45) is 5.92 Å². The van der Waals surface area contributed by atoms with Crippen molar-refractivity contribution < 1.29 is 0 Å². The third kappa shape index (κ3) is 2.81. The van der Waals surface area contributed by atoms with Crippen molar-refractivity contribution in [3.8, 4) is 6.07 Å². The van der Waals surface area contributed by atoms with Gasteiger partial charge < -0.3 is 5.32 Å². The first-order chi connectivity index (χ1) is 8.22. The Morgan fingerprint density at radius 1 is 1.35 bits per heavy atom. The SMILES string of the molecule is Cc1cccc(NC2CCCCC2C#N)c1Br. The van der Waals surface area contributed by atoms with Gasteiger partial charge in [0.2, 0.25) is 0 Å².